The Kier molecular flexibility index (Phi) is 5.16. The van der Waals surface area contributed by atoms with Crippen LogP contribution in [0.15, 0.2) is 53.7 Å². The highest BCUT2D eigenvalue weighted by molar-refractivity contribution is 6.30. The van der Waals surface area contributed by atoms with Gasteiger partial charge in [-0.05, 0) is 24.3 Å². The van der Waals surface area contributed by atoms with Crippen molar-refractivity contribution in [3.05, 3.63) is 59.4 Å². The van der Waals surface area contributed by atoms with E-state index in [0.717, 1.165) is 0 Å². The molecule has 2 N–H and O–H groups in total. The molecule has 0 unspecified atom stereocenters. The molecular weight excluding hydrogens is 297 g/mol. The van der Waals surface area contributed by atoms with Gasteiger partial charge in [0.1, 0.15) is 18.1 Å². The number of nitrogens with one attached hydrogen (secondary N) is 2. The second kappa shape index (κ2) is 7.30. The predicted molar refractivity (Wildman–Crippen MR) is 75.8 cm³/mol. The van der Waals surface area contributed by atoms with E-state index >= 15 is 0 Å². The summed E-state index contributed by atoms with van der Waals surface area (Å²) < 4.78 is 18.0. The number of hydrogen-bond acceptors (Lipinski definition) is 6. The summed E-state index contributed by atoms with van der Waals surface area (Å²) >= 11 is 5.65. The van der Waals surface area contributed by atoms with Gasteiger partial charge in [0.15, 0.2) is 0 Å². The molecule has 0 atom stereocenters. The van der Waals surface area contributed by atoms with Crippen LogP contribution in [0.1, 0.15) is 0 Å². The molecule has 0 saturated carbocycles. The minimum atomic E-state index is -0.321. The number of anilines is 1. The lowest BCUT2D eigenvalue weighted by Gasteiger charge is -2.05. The summed E-state index contributed by atoms with van der Waals surface area (Å²) in [5.41, 5.74) is 8.06. The summed E-state index contributed by atoms with van der Waals surface area (Å²) in [5, 5.41) is 6.61. The first kappa shape index (κ1) is 14.9. The van der Waals surface area contributed by atoms with Gasteiger partial charge in [0, 0.05) is 11.9 Å². The van der Waals surface area contributed by atoms with Gasteiger partial charge in [-0.2, -0.15) is 5.11 Å². The smallest absolute Gasteiger partial charge is 0.316 e. The largest absolute Gasteiger partial charge is 0.457 e. The first-order chi connectivity index (χ1) is 10.2. The molecule has 0 aliphatic carbocycles. The molecule has 0 amide bonds. The molecule has 1 heterocycles. The molecule has 0 spiro atoms. The van der Waals surface area contributed by atoms with Crippen LogP contribution < -0.4 is 10.1 Å². The van der Waals surface area contributed by atoms with E-state index in [1.165, 1.54) is 30.7 Å². The molecule has 6 nitrogen and oxygen atoms in total. The zero-order valence-electron chi connectivity index (χ0n) is 10.8. The van der Waals surface area contributed by atoms with Gasteiger partial charge in [0.25, 0.3) is 0 Å². The van der Waals surface area contributed by atoms with Crippen molar-refractivity contribution in [2.24, 2.45) is 5.11 Å². The normalized spacial score (nSPS) is 11.0. The van der Waals surface area contributed by atoms with Crippen molar-refractivity contribution in [1.82, 2.24) is 9.97 Å². The van der Waals surface area contributed by atoms with Crippen molar-refractivity contribution in [1.29, 1.82) is 5.53 Å². The van der Waals surface area contributed by atoms with E-state index in [4.69, 9.17) is 21.9 Å². The number of ether oxygens (including phenoxy) is 1. The lowest BCUT2D eigenvalue weighted by atomic mass is 10.3. The Hall–Kier alpha value is -2.54. The van der Waals surface area contributed by atoms with E-state index in [1.54, 1.807) is 12.1 Å². The Morgan fingerprint density at radius 3 is 2.62 bits per heavy atom. The molecule has 1 aromatic heterocycles. The zero-order chi connectivity index (χ0) is 15.1. The fourth-order valence-corrected chi connectivity index (χ4v) is 1.43. The van der Waals surface area contributed by atoms with Crippen LogP contribution in [0.3, 0.4) is 0 Å². The molecule has 8 heteroatoms. The fourth-order valence-electron chi connectivity index (χ4n) is 1.33. The zero-order valence-corrected chi connectivity index (χ0v) is 11.5. The summed E-state index contributed by atoms with van der Waals surface area (Å²) in [6.45, 7) is 0.0132. The van der Waals surface area contributed by atoms with Crippen molar-refractivity contribution in [3.8, 4) is 6.01 Å². The molecule has 1 aromatic carbocycles. The number of benzene rings is 1. The Labute approximate surface area is 125 Å². The monoisotopic (exact) mass is 307 g/mol. The Morgan fingerprint density at radius 1 is 1.33 bits per heavy atom. The maximum atomic E-state index is 12.8. The molecular formula is C13H11ClFN5O. The van der Waals surface area contributed by atoms with E-state index in [9.17, 15) is 4.39 Å². The predicted octanol–water partition coefficient (Wildman–Crippen LogP) is 3.63. The van der Waals surface area contributed by atoms with Crippen LogP contribution in [0.4, 0.5) is 10.1 Å². The van der Waals surface area contributed by atoms with Gasteiger partial charge in [-0.3, -0.25) is 0 Å². The average molecular weight is 308 g/mol. The second-order valence-corrected chi connectivity index (χ2v) is 4.31. The highest BCUT2D eigenvalue weighted by Crippen LogP contribution is 2.11. The lowest BCUT2D eigenvalue weighted by Crippen LogP contribution is -2.04. The van der Waals surface area contributed by atoms with Crippen LogP contribution in [0.5, 0.6) is 6.01 Å². The number of aromatic nitrogens is 2. The third-order valence-corrected chi connectivity index (χ3v) is 2.53. The number of hydrogen-bond donors (Lipinski definition) is 2. The van der Waals surface area contributed by atoms with Crippen molar-refractivity contribution in [3.63, 3.8) is 0 Å². The summed E-state index contributed by atoms with van der Waals surface area (Å²) in [5.74, 6) is -0.321. The minimum absolute atomic E-state index is 0.0132. The number of rotatable bonds is 6. The van der Waals surface area contributed by atoms with Crippen LogP contribution >= 0.6 is 11.6 Å². The molecule has 21 heavy (non-hydrogen) atoms. The van der Waals surface area contributed by atoms with Crippen LogP contribution in [0.25, 0.3) is 0 Å². The summed E-state index contributed by atoms with van der Waals surface area (Å²) in [6.07, 6.45) is 4.29. The van der Waals surface area contributed by atoms with E-state index in [-0.39, 0.29) is 18.4 Å². The highest BCUT2D eigenvalue weighted by Gasteiger charge is 2.01. The van der Waals surface area contributed by atoms with Gasteiger partial charge in [-0.1, -0.05) is 11.6 Å². The summed E-state index contributed by atoms with van der Waals surface area (Å²) in [4.78, 5) is 7.71. The third-order valence-electron chi connectivity index (χ3n) is 2.34. The molecule has 2 rings (SSSR count). The Balaban J connectivity index is 1.92. The molecule has 0 aliphatic rings. The number of halogens is 2. The fraction of sp³-hybridized carbons (Fsp3) is 0.0769. The standard InChI is InChI=1S/C13H11ClFN5O/c14-9-5-18-13(19-6-9)21-8-12(20-16)7-17-11-3-1-10(15)2-4-11/h1-7,16-17H,8H2/b12-7-,20-16?. The highest BCUT2D eigenvalue weighted by atomic mass is 35.5. The average Bonchev–Trinajstić information content (AvgIpc) is 2.51. The van der Waals surface area contributed by atoms with Crippen molar-refractivity contribution < 1.29 is 9.13 Å². The van der Waals surface area contributed by atoms with Crippen molar-refractivity contribution >= 4 is 17.3 Å². The van der Waals surface area contributed by atoms with Crippen molar-refractivity contribution in [2.45, 2.75) is 0 Å². The maximum Gasteiger partial charge on any atom is 0.316 e. The molecule has 0 radical (unpaired) electrons. The molecule has 0 bridgehead atoms. The molecule has 108 valence electrons. The van der Waals surface area contributed by atoms with E-state index < -0.39 is 0 Å². The second-order valence-electron chi connectivity index (χ2n) is 3.87. The Bertz CT molecular complexity index is 630. The third kappa shape index (κ3) is 4.81. The van der Waals surface area contributed by atoms with Crippen LogP contribution in [0.2, 0.25) is 5.02 Å². The van der Waals surface area contributed by atoms with Gasteiger partial charge in [0.2, 0.25) is 0 Å². The van der Waals surface area contributed by atoms with Gasteiger partial charge < -0.3 is 10.1 Å². The Morgan fingerprint density at radius 2 is 2.00 bits per heavy atom. The first-order valence-corrected chi connectivity index (χ1v) is 6.24. The van der Waals surface area contributed by atoms with Gasteiger partial charge in [-0.15, -0.1) is 0 Å². The molecule has 0 fully saturated rings. The van der Waals surface area contributed by atoms with Gasteiger partial charge >= 0.3 is 6.01 Å². The quantitative estimate of drug-likeness (QED) is 0.798. The van der Waals surface area contributed by atoms with Crippen LogP contribution in [0, 0.1) is 11.3 Å². The SMILES string of the molecule is N=N/C(=C\Nc1ccc(F)cc1)COc1ncc(Cl)cn1. The van der Waals surface area contributed by atoms with E-state index in [0.29, 0.717) is 16.4 Å². The maximum absolute atomic E-state index is 12.8. The summed E-state index contributed by atoms with van der Waals surface area (Å²) in [7, 11) is 0. The molecule has 0 aliphatic heterocycles. The minimum Gasteiger partial charge on any atom is -0.457 e. The molecule has 2 aromatic rings. The molecule has 0 saturated heterocycles. The lowest BCUT2D eigenvalue weighted by molar-refractivity contribution is 0.320. The van der Waals surface area contributed by atoms with Gasteiger partial charge in [0.05, 0.1) is 17.4 Å². The number of nitrogens with zero attached hydrogens (tertiary/aromatic N) is 3. The van der Waals surface area contributed by atoms with Crippen LogP contribution in [-0.2, 0) is 0 Å². The summed E-state index contributed by atoms with van der Waals surface area (Å²) in [6, 6.07) is 5.92. The van der Waals surface area contributed by atoms with Crippen LogP contribution in [-0.4, -0.2) is 16.6 Å². The van der Waals surface area contributed by atoms with Gasteiger partial charge in [-0.25, -0.2) is 19.9 Å². The van der Waals surface area contributed by atoms with E-state index in [1.807, 2.05) is 0 Å². The van der Waals surface area contributed by atoms with Crippen molar-refractivity contribution in [2.75, 3.05) is 11.9 Å². The first-order valence-electron chi connectivity index (χ1n) is 5.86. The van der Waals surface area contributed by atoms with E-state index in [2.05, 4.69) is 20.4 Å². The topological polar surface area (TPSA) is 83.2 Å².